The number of aryl methyl sites for hydroxylation is 1. The summed E-state index contributed by atoms with van der Waals surface area (Å²) in [5.74, 6) is -1.21. The zero-order valence-electron chi connectivity index (χ0n) is 8.13. The lowest BCUT2D eigenvalue weighted by atomic mass is 9.94. The monoisotopic (exact) mass is 265 g/mol. The molecule has 0 saturated heterocycles. The Morgan fingerprint density at radius 1 is 1.53 bits per heavy atom. The number of hydrogen-bond donors (Lipinski definition) is 0. The van der Waals surface area contributed by atoms with Gasteiger partial charge >= 0.3 is 0 Å². The van der Waals surface area contributed by atoms with Crippen molar-refractivity contribution in [1.29, 1.82) is 0 Å². The smallest absolute Gasteiger partial charge is 0.0675 e. The summed E-state index contributed by atoms with van der Waals surface area (Å²) in [6.07, 6.45) is 1.73. The van der Waals surface area contributed by atoms with Crippen LogP contribution in [0.2, 0.25) is 0 Å². The van der Waals surface area contributed by atoms with E-state index in [4.69, 9.17) is 0 Å². The zero-order chi connectivity index (χ0) is 11.0. The second-order valence-corrected chi connectivity index (χ2v) is 4.66. The van der Waals surface area contributed by atoms with Gasteiger partial charge in [0.15, 0.2) is 0 Å². The molecule has 78 valence electrons. The highest BCUT2D eigenvalue weighted by Crippen LogP contribution is 2.38. The Labute approximate surface area is 96.7 Å². The van der Waals surface area contributed by atoms with Crippen molar-refractivity contribution >= 4 is 21.9 Å². The third-order valence-corrected chi connectivity index (χ3v) is 3.36. The van der Waals surface area contributed by atoms with Gasteiger partial charge in [-0.15, -0.1) is 0 Å². The summed E-state index contributed by atoms with van der Waals surface area (Å²) in [6, 6.07) is 5.93. The van der Waals surface area contributed by atoms with Crippen LogP contribution < -0.4 is 5.11 Å². The van der Waals surface area contributed by atoms with Crippen molar-refractivity contribution in [1.82, 2.24) is 0 Å². The van der Waals surface area contributed by atoms with E-state index in [1.54, 1.807) is 0 Å². The Bertz CT molecular complexity index is 437. The lowest BCUT2D eigenvalue weighted by Gasteiger charge is -2.15. The first-order valence-corrected chi connectivity index (χ1v) is 5.57. The summed E-state index contributed by atoms with van der Waals surface area (Å²) in [4.78, 5) is 10.7. The number of carbonyl (C=O) groups is 1. The van der Waals surface area contributed by atoms with E-state index >= 15 is 0 Å². The number of carboxylic acid groups (broad SMARTS) is 1. The Balaban J connectivity index is 2.37. The van der Waals surface area contributed by atoms with Gasteiger partial charge in [0.1, 0.15) is 0 Å². The van der Waals surface area contributed by atoms with Gasteiger partial charge in [0, 0.05) is 10.4 Å². The van der Waals surface area contributed by atoms with Gasteiger partial charge in [-0.05, 0) is 41.7 Å². The van der Waals surface area contributed by atoms with Gasteiger partial charge in [-0.2, -0.15) is 0 Å². The van der Waals surface area contributed by atoms with E-state index < -0.39 is 5.97 Å². The maximum Gasteiger partial charge on any atom is 0.0675 e. The summed E-state index contributed by atoms with van der Waals surface area (Å²) in [6.45, 7) is 3.58. The van der Waals surface area contributed by atoms with Crippen LogP contribution in [0.3, 0.4) is 0 Å². The normalized spacial score (nSPS) is 18.6. The van der Waals surface area contributed by atoms with Crippen LogP contribution in [-0.4, -0.2) is 5.97 Å². The Morgan fingerprint density at radius 3 is 2.93 bits per heavy atom. The second kappa shape index (κ2) is 3.81. The fraction of sp³-hybridized carbons (Fsp3) is 0.250. The summed E-state index contributed by atoms with van der Waals surface area (Å²) < 4.78 is 1.03. The van der Waals surface area contributed by atoms with Crippen LogP contribution in [0, 0.1) is 0 Å². The minimum absolute atomic E-state index is 0.0712. The topological polar surface area (TPSA) is 40.1 Å². The summed E-state index contributed by atoms with van der Waals surface area (Å²) in [5.41, 5.74) is 2.47. The molecule has 0 amide bonds. The third-order valence-electron chi connectivity index (χ3n) is 2.87. The molecule has 0 N–H and O–H groups in total. The van der Waals surface area contributed by atoms with E-state index in [1.165, 1.54) is 5.56 Å². The number of aliphatic carboxylic acids is 1. The van der Waals surface area contributed by atoms with E-state index in [0.29, 0.717) is 0 Å². The van der Waals surface area contributed by atoms with Crippen LogP contribution >= 0.6 is 15.9 Å². The van der Waals surface area contributed by atoms with Crippen molar-refractivity contribution in [2.24, 2.45) is 0 Å². The first-order chi connectivity index (χ1) is 7.09. The summed E-state index contributed by atoms with van der Waals surface area (Å²) in [5, 5.41) is 10.7. The molecule has 3 heteroatoms. The molecule has 0 bridgehead atoms. The number of rotatable bonds is 2. The highest BCUT2D eigenvalue weighted by Gasteiger charge is 2.24. The molecule has 0 fully saturated rings. The molecule has 1 aliphatic carbocycles. The molecule has 1 aliphatic rings. The number of carboxylic acids is 1. The maximum atomic E-state index is 10.7. The molecule has 2 nitrogen and oxygen atoms in total. The molecule has 0 aliphatic heterocycles. The molecule has 15 heavy (non-hydrogen) atoms. The van der Waals surface area contributed by atoms with Crippen LogP contribution in [0.25, 0.3) is 0 Å². The van der Waals surface area contributed by atoms with Gasteiger partial charge in [-0.1, -0.05) is 28.6 Å². The molecule has 0 radical (unpaired) electrons. The fourth-order valence-electron chi connectivity index (χ4n) is 2.09. The highest BCUT2D eigenvalue weighted by atomic mass is 79.9. The first-order valence-electron chi connectivity index (χ1n) is 4.78. The minimum atomic E-state index is -1.14. The van der Waals surface area contributed by atoms with E-state index in [2.05, 4.69) is 22.5 Å². The molecule has 0 spiro atoms. The number of halogens is 1. The quantitative estimate of drug-likeness (QED) is 0.765. The number of benzene rings is 1. The van der Waals surface area contributed by atoms with Crippen LogP contribution in [0.5, 0.6) is 0 Å². The van der Waals surface area contributed by atoms with Gasteiger partial charge in [0.2, 0.25) is 0 Å². The molecular formula is C12H10BrO2-. The van der Waals surface area contributed by atoms with Crippen molar-refractivity contribution in [3.8, 4) is 0 Å². The maximum absolute atomic E-state index is 10.7. The molecule has 0 aromatic heterocycles. The number of carbonyl (C=O) groups excluding carboxylic acids is 1. The SMILES string of the molecule is C=C(C(=O)[O-])C1CCc2cc(Br)ccc21. The van der Waals surface area contributed by atoms with Crippen molar-refractivity contribution in [2.75, 3.05) is 0 Å². The van der Waals surface area contributed by atoms with Crippen LogP contribution in [-0.2, 0) is 11.2 Å². The third kappa shape index (κ3) is 1.84. The van der Waals surface area contributed by atoms with Crippen molar-refractivity contribution in [3.05, 3.63) is 46.0 Å². The van der Waals surface area contributed by atoms with Crippen LogP contribution in [0.15, 0.2) is 34.8 Å². The lowest BCUT2D eigenvalue weighted by molar-refractivity contribution is -0.299. The molecule has 1 unspecified atom stereocenters. The van der Waals surface area contributed by atoms with E-state index in [0.717, 1.165) is 22.9 Å². The second-order valence-electron chi connectivity index (χ2n) is 3.75. The predicted octanol–water partition coefficient (Wildman–Crippen LogP) is 1.79. The fourth-order valence-corrected chi connectivity index (χ4v) is 2.50. The van der Waals surface area contributed by atoms with Gasteiger partial charge in [0.05, 0.1) is 5.97 Å². The van der Waals surface area contributed by atoms with E-state index in [-0.39, 0.29) is 11.5 Å². The van der Waals surface area contributed by atoms with E-state index in [9.17, 15) is 9.90 Å². The molecule has 0 saturated carbocycles. The Morgan fingerprint density at radius 2 is 2.27 bits per heavy atom. The van der Waals surface area contributed by atoms with Crippen molar-refractivity contribution < 1.29 is 9.90 Å². The minimum Gasteiger partial charge on any atom is -0.545 e. The van der Waals surface area contributed by atoms with Crippen molar-refractivity contribution in [3.63, 3.8) is 0 Å². The zero-order valence-corrected chi connectivity index (χ0v) is 9.71. The molecule has 1 aromatic carbocycles. The average molecular weight is 266 g/mol. The number of hydrogen-bond acceptors (Lipinski definition) is 2. The average Bonchev–Trinajstić information content (AvgIpc) is 2.59. The molecule has 0 heterocycles. The summed E-state index contributed by atoms with van der Waals surface area (Å²) in [7, 11) is 0. The van der Waals surface area contributed by atoms with Gasteiger partial charge in [0.25, 0.3) is 0 Å². The Hall–Kier alpha value is -1.09. The molecule has 2 rings (SSSR count). The number of fused-ring (bicyclic) bond motifs is 1. The van der Waals surface area contributed by atoms with Gasteiger partial charge in [-0.3, -0.25) is 0 Å². The van der Waals surface area contributed by atoms with Crippen LogP contribution in [0.4, 0.5) is 0 Å². The van der Waals surface area contributed by atoms with Gasteiger partial charge < -0.3 is 9.90 Å². The molecule has 1 aromatic rings. The van der Waals surface area contributed by atoms with Crippen molar-refractivity contribution in [2.45, 2.75) is 18.8 Å². The lowest BCUT2D eigenvalue weighted by Crippen LogP contribution is -2.26. The molecular weight excluding hydrogens is 256 g/mol. The largest absolute Gasteiger partial charge is 0.545 e. The molecule has 1 atom stereocenters. The summed E-state index contributed by atoms with van der Waals surface area (Å²) >= 11 is 3.40. The first kappa shape index (κ1) is 10.4. The van der Waals surface area contributed by atoms with Crippen LogP contribution in [0.1, 0.15) is 23.5 Å². The van der Waals surface area contributed by atoms with E-state index in [1.807, 2.05) is 18.2 Å². The van der Waals surface area contributed by atoms with Gasteiger partial charge in [-0.25, -0.2) is 0 Å². The standard InChI is InChI=1S/C12H11BrO2/c1-7(12(14)15)10-4-2-8-6-9(13)3-5-11(8)10/h3,5-6,10H,1-2,4H2,(H,14,15)/p-1. The predicted molar refractivity (Wildman–Crippen MR) is 59.4 cm³/mol. The highest BCUT2D eigenvalue weighted by molar-refractivity contribution is 9.10. The Kier molecular flexibility index (Phi) is 2.65.